The Morgan fingerprint density at radius 1 is 1.38 bits per heavy atom. The Morgan fingerprint density at radius 2 is 2.08 bits per heavy atom. The Morgan fingerprint density at radius 3 is 2.75 bits per heavy atom. The lowest BCUT2D eigenvalue weighted by Crippen LogP contribution is -2.38. The van der Waals surface area contributed by atoms with Crippen LogP contribution >= 0.6 is 11.6 Å². The zero-order valence-corrected chi connectivity index (χ0v) is 15.0. The molecule has 1 fully saturated rings. The van der Waals surface area contributed by atoms with E-state index in [0.717, 1.165) is 19.6 Å². The molecule has 1 aliphatic heterocycles. The summed E-state index contributed by atoms with van der Waals surface area (Å²) in [5.41, 5.74) is 0.0235. The van der Waals surface area contributed by atoms with Crippen LogP contribution in [0.1, 0.15) is 16.8 Å². The summed E-state index contributed by atoms with van der Waals surface area (Å²) < 4.78 is 37.0. The summed E-state index contributed by atoms with van der Waals surface area (Å²) in [6, 6.07) is 3.95. The highest BCUT2D eigenvalue weighted by Crippen LogP contribution is 2.21. The van der Waals surface area contributed by atoms with E-state index in [1.165, 1.54) is 25.3 Å². The molecule has 0 bridgehead atoms. The molecule has 1 heterocycles. The van der Waals surface area contributed by atoms with Crippen molar-refractivity contribution in [3.05, 3.63) is 28.8 Å². The maximum atomic E-state index is 12.3. The van der Waals surface area contributed by atoms with Gasteiger partial charge in [-0.05, 0) is 31.2 Å². The standard InChI is InChI=1S/C15H21ClN2O5S/c1-22-15(19)13-11-12(3-4-14(13)16)24(20,21)17-5-2-6-18-7-9-23-10-8-18/h3-4,11,17H,2,5-10H2,1H3. The minimum atomic E-state index is -3.70. The van der Waals surface area contributed by atoms with E-state index in [1.807, 2.05) is 0 Å². The number of sulfonamides is 1. The maximum absolute atomic E-state index is 12.3. The summed E-state index contributed by atoms with van der Waals surface area (Å²) in [4.78, 5) is 13.8. The number of hydrogen-bond donors (Lipinski definition) is 1. The first kappa shape index (κ1) is 19.1. The van der Waals surface area contributed by atoms with Gasteiger partial charge in [0.25, 0.3) is 0 Å². The van der Waals surface area contributed by atoms with E-state index in [0.29, 0.717) is 26.2 Å². The van der Waals surface area contributed by atoms with Gasteiger partial charge in [-0.1, -0.05) is 11.6 Å². The molecule has 1 aliphatic rings. The van der Waals surface area contributed by atoms with Gasteiger partial charge in [0.05, 0.1) is 35.8 Å². The summed E-state index contributed by atoms with van der Waals surface area (Å²) in [6.45, 7) is 4.29. The van der Waals surface area contributed by atoms with Crippen LogP contribution in [0.2, 0.25) is 5.02 Å². The zero-order valence-electron chi connectivity index (χ0n) is 13.5. The molecule has 7 nitrogen and oxygen atoms in total. The average molecular weight is 377 g/mol. The zero-order chi connectivity index (χ0) is 17.6. The number of rotatable bonds is 7. The molecule has 1 saturated heterocycles. The molecule has 0 radical (unpaired) electrons. The molecule has 0 aromatic heterocycles. The third-order valence-electron chi connectivity index (χ3n) is 3.70. The number of morpholine rings is 1. The number of carbonyl (C=O) groups excluding carboxylic acids is 1. The lowest BCUT2D eigenvalue weighted by Gasteiger charge is -2.26. The number of carbonyl (C=O) groups is 1. The molecular weight excluding hydrogens is 356 g/mol. The van der Waals surface area contributed by atoms with E-state index < -0.39 is 16.0 Å². The molecule has 134 valence electrons. The molecule has 1 aromatic rings. The highest BCUT2D eigenvalue weighted by molar-refractivity contribution is 7.89. The predicted octanol–water partition coefficient (Wildman–Crippen LogP) is 1.13. The number of methoxy groups -OCH3 is 1. The molecule has 9 heteroatoms. The van der Waals surface area contributed by atoms with Gasteiger partial charge in [-0.2, -0.15) is 0 Å². The molecule has 0 atom stereocenters. The quantitative estimate of drug-likeness (QED) is 0.567. The van der Waals surface area contributed by atoms with Gasteiger partial charge >= 0.3 is 5.97 Å². The van der Waals surface area contributed by atoms with Gasteiger partial charge in [-0.3, -0.25) is 4.90 Å². The molecule has 24 heavy (non-hydrogen) atoms. The molecule has 2 rings (SSSR count). The lowest BCUT2D eigenvalue weighted by atomic mass is 10.2. The average Bonchev–Trinajstić information content (AvgIpc) is 2.59. The summed E-state index contributed by atoms with van der Waals surface area (Å²) in [6.07, 6.45) is 0.691. The van der Waals surface area contributed by atoms with Gasteiger partial charge in [-0.15, -0.1) is 0 Å². The number of halogens is 1. The third-order valence-corrected chi connectivity index (χ3v) is 5.49. The number of nitrogens with one attached hydrogen (secondary N) is 1. The Kier molecular flexibility index (Phi) is 7.00. The fraction of sp³-hybridized carbons (Fsp3) is 0.533. The van der Waals surface area contributed by atoms with Crippen molar-refractivity contribution in [1.82, 2.24) is 9.62 Å². The summed E-state index contributed by atoms with van der Waals surface area (Å²) in [5.74, 6) is -0.677. The van der Waals surface area contributed by atoms with Crippen molar-refractivity contribution >= 4 is 27.6 Å². The van der Waals surface area contributed by atoms with Gasteiger partial charge in [0.2, 0.25) is 10.0 Å². The molecule has 1 N–H and O–H groups in total. The molecule has 0 aliphatic carbocycles. The maximum Gasteiger partial charge on any atom is 0.339 e. The largest absolute Gasteiger partial charge is 0.465 e. The number of nitrogens with zero attached hydrogens (tertiary/aromatic N) is 1. The number of ether oxygens (including phenoxy) is 2. The smallest absolute Gasteiger partial charge is 0.339 e. The van der Waals surface area contributed by atoms with Crippen LogP contribution in [0.15, 0.2) is 23.1 Å². The van der Waals surface area contributed by atoms with E-state index in [2.05, 4.69) is 14.4 Å². The summed E-state index contributed by atoms with van der Waals surface area (Å²) in [7, 11) is -2.49. The first-order chi connectivity index (χ1) is 11.4. The third kappa shape index (κ3) is 5.15. The van der Waals surface area contributed by atoms with E-state index in [1.54, 1.807) is 0 Å². The van der Waals surface area contributed by atoms with Crippen LogP contribution in [0.25, 0.3) is 0 Å². The second-order valence-electron chi connectivity index (χ2n) is 5.34. The van der Waals surface area contributed by atoms with Crippen LogP contribution in [0.4, 0.5) is 0 Å². The van der Waals surface area contributed by atoms with E-state index in [9.17, 15) is 13.2 Å². The molecule has 1 aromatic carbocycles. The summed E-state index contributed by atoms with van der Waals surface area (Å²) >= 11 is 5.90. The highest BCUT2D eigenvalue weighted by atomic mass is 35.5. The molecule has 0 saturated carbocycles. The van der Waals surface area contributed by atoms with Crippen molar-refractivity contribution in [1.29, 1.82) is 0 Å². The first-order valence-electron chi connectivity index (χ1n) is 7.61. The van der Waals surface area contributed by atoms with Gasteiger partial charge in [-0.25, -0.2) is 17.9 Å². The number of hydrogen-bond acceptors (Lipinski definition) is 6. The first-order valence-corrected chi connectivity index (χ1v) is 9.48. The highest BCUT2D eigenvalue weighted by Gasteiger charge is 2.19. The van der Waals surface area contributed by atoms with Crippen LogP contribution in [0.3, 0.4) is 0 Å². The van der Waals surface area contributed by atoms with Crippen LogP contribution in [-0.4, -0.2) is 65.8 Å². The monoisotopic (exact) mass is 376 g/mol. The second kappa shape index (κ2) is 8.77. The molecule has 0 unspecified atom stereocenters. The Balaban J connectivity index is 1.93. The topological polar surface area (TPSA) is 84.9 Å². The van der Waals surface area contributed by atoms with E-state index in [-0.39, 0.29) is 15.5 Å². The SMILES string of the molecule is COC(=O)c1cc(S(=O)(=O)NCCCN2CCOCC2)ccc1Cl. The van der Waals surface area contributed by atoms with Crippen molar-refractivity contribution in [3.8, 4) is 0 Å². The minimum Gasteiger partial charge on any atom is -0.465 e. The lowest BCUT2D eigenvalue weighted by molar-refractivity contribution is 0.0376. The molecule has 0 amide bonds. The van der Waals surface area contributed by atoms with Crippen molar-refractivity contribution in [2.75, 3.05) is 46.5 Å². The molecular formula is C15H21ClN2O5S. The molecule has 0 spiro atoms. The fourth-order valence-electron chi connectivity index (χ4n) is 2.36. The Hall–Kier alpha value is -1.19. The van der Waals surface area contributed by atoms with Gasteiger partial charge in [0.15, 0.2) is 0 Å². The number of benzene rings is 1. The van der Waals surface area contributed by atoms with E-state index in [4.69, 9.17) is 16.3 Å². The van der Waals surface area contributed by atoms with Crippen LogP contribution < -0.4 is 4.72 Å². The Labute approximate surface area is 146 Å². The second-order valence-corrected chi connectivity index (χ2v) is 7.51. The normalized spacial score (nSPS) is 16.1. The van der Waals surface area contributed by atoms with Gasteiger partial charge in [0.1, 0.15) is 0 Å². The number of esters is 1. The predicted molar refractivity (Wildman–Crippen MR) is 89.9 cm³/mol. The van der Waals surface area contributed by atoms with Crippen LogP contribution in [0, 0.1) is 0 Å². The van der Waals surface area contributed by atoms with Gasteiger partial charge in [0, 0.05) is 19.6 Å². The van der Waals surface area contributed by atoms with Crippen LogP contribution in [0.5, 0.6) is 0 Å². The van der Waals surface area contributed by atoms with E-state index >= 15 is 0 Å². The van der Waals surface area contributed by atoms with Crippen molar-refractivity contribution in [3.63, 3.8) is 0 Å². The summed E-state index contributed by atoms with van der Waals surface area (Å²) in [5, 5.41) is 0.146. The fourth-order valence-corrected chi connectivity index (χ4v) is 3.65. The van der Waals surface area contributed by atoms with Crippen molar-refractivity contribution < 1.29 is 22.7 Å². The minimum absolute atomic E-state index is 0.0151. The van der Waals surface area contributed by atoms with Crippen molar-refractivity contribution in [2.45, 2.75) is 11.3 Å². The van der Waals surface area contributed by atoms with Crippen LogP contribution in [-0.2, 0) is 19.5 Å². The van der Waals surface area contributed by atoms with Gasteiger partial charge < -0.3 is 9.47 Å². The Bertz CT molecular complexity index is 674. The van der Waals surface area contributed by atoms with Crippen molar-refractivity contribution in [2.24, 2.45) is 0 Å².